The first kappa shape index (κ1) is 25.9. The highest BCUT2D eigenvalue weighted by Gasteiger charge is 2.40. The van der Waals surface area contributed by atoms with Crippen LogP contribution in [-0.4, -0.2) is 66.7 Å². The lowest BCUT2D eigenvalue weighted by Crippen LogP contribution is -2.55. The quantitative estimate of drug-likeness (QED) is 0.698. The maximum Gasteiger partial charge on any atom is 0.227 e. The van der Waals surface area contributed by atoms with Gasteiger partial charge >= 0.3 is 0 Å². The molecule has 2 unspecified atom stereocenters. The molecule has 2 aliphatic rings. The van der Waals surface area contributed by atoms with Crippen LogP contribution in [0.5, 0.6) is 0 Å². The van der Waals surface area contributed by atoms with Gasteiger partial charge in [0.15, 0.2) is 0 Å². The van der Waals surface area contributed by atoms with E-state index in [1.165, 1.54) is 0 Å². The minimum atomic E-state index is -0.327. The molecule has 1 aliphatic carbocycles. The summed E-state index contributed by atoms with van der Waals surface area (Å²) in [7, 11) is 0. The lowest BCUT2D eigenvalue weighted by molar-refractivity contribution is -0.141. The summed E-state index contributed by atoms with van der Waals surface area (Å²) in [5.41, 5.74) is 6.07. The Hall–Kier alpha value is -0.0700. The molecule has 0 aromatic heterocycles. The molecule has 1 aliphatic heterocycles. The number of carbonyl (C=O) groups is 1. The third-order valence-corrected chi connectivity index (χ3v) is 5.96. The second-order valence-corrected chi connectivity index (χ2v) is 7.73. The summed E-state index contributed by atoms with van der Waals surface area (Å²) in [4.78, 5) is 17.3. The zero-order valence-corrected chi connectivity index (χ0v) is 18.4. The number of likely N-dealkylation sites (tertiary alicyclic amines) is 1. The zero-order valence-electron chi connectivity index (χ0n) is 16.7. The largest absolute Gasteiger partial charge is 0.377 e. The summed E-state index contributed by atoms with van der Waals surface area (Å²) in [5.74, 6) is 0.285. The van der Waals surface area contributed by atoms with Crippen molar-refractivity contribution in [2.75, 3.05) is 39.3 Å². The molecule has 1 saturated heterocycles. The molecule has 0 bridgehead atoms. The van der Waals surface area contributed by atoms with Crippen molar-refractivity contribution in [3.63, 3.8) is 0 Å². The topological polar surface area (TPSA) is 58.8 Å². The molecule has 7 heteroatoms. The summed E-state index contributed by atoms with van der Waals surface area (Å²) >= 11 is 0. The minimum Gasteiger partial charge on any atom is -0.377 e. The van der Waals surface area contributed by atoms with Crippen LogP contribution >= 0.6 is 24.8 Å². The Kier molecular flexibility index (Phi) is 12.4. The first-order valence-corrected chi connectivity index (χ1v) is 9.89. The molecule has 1 saturated carbocycles. The second-order valence-electron chi connectivity index (χ2n) is 7.73. The van der Waals surface area contributed by atoms with Gasteiger partial charge in [-0.05, 0) is 45.7 Å². The summed E-state index contributed by atoms with van der Waals surface area (Å²) in [6.45, 7) is 12.0. The van der Waals surface area contributed by atoms with Crippen molar-refractivity contribution in [2.45, 2.75) is 70.9 Å². The molecule has 5 nitrogen and oxygen atoms in total. The van der Waals surface area contributed by atoms with Crippen LogP contribution < -0.4 is 5.73 Å². The number of likely N-dealkylation sites (N-methyl/N-ethyl adjacent to an activating group) is 1. The van der Waals surface area contributed by atoms with Crippen molar-refractivity contribution < 1.29 is 9.53 Å². The Morgan fingerprint density at radius 1 is 1.15 bits per heavy atom. The molecule has 1 amide bonds. The van der Waals surface area contributed by atoms with Crippen molar-refractivity contribution in [1.29, 1.82) is 0 Å². The van der Waals surface area contributed by atoms with Crippen LogP contribution in [0.4, 0.5) is 0 Å². The Balaban J connectivity index is 0.00000312. The van der Waals surface area contributed by atoms with E-state index >= 15 is 0 Å². The van der Waals surface area contributed by atoms with Crippen molar-refractivity contribution in [1.82, 2.24) is 9.80 Å². The molecule has 2 fully saturated rings. The first-order valence-electron chi connectivity index (χ1n) is 9.89. The van der Waals surface area contributed by atoms with Crippen LogP contribution in [-0.2, 0) is 9.53 Å². The lowest BCUT2D eigenvalue weighted by Gasteiger charge is -2.41. The van der Waals surface area contributed by atoms with Gasteiger partial charge in [-0.1, -0.05) is 26.7 Å². The minimum absolute atomic E-state index is 0. The highest BCUT2D eigenvalue weighted by atomic mass is 35.5. The molecule has 156 valence electrons. The first-order chi connectivity index (χ1) is 11.5. The van der Waals surface area contributed by atoms with E-state index in [0.29, 0.717) is 6.10 Å². The molecule has 2 atom stereocenters. The fourth-order valence-electron chi connectivity index (χ4n) is 4.12. The van der Waals surface area contributed by atoms with Crippen molar-refractivity contribution in [2.24, 2.45) is 11.7 Å². The summed E-state index contributed by atoms with van der Waals surface area (Å²) in [5, 5.41) is 0. The van der Waals surface area contributed by atoms with Crippen molar-refractivity contribution in [3.05, 3.63) is 0 Å². The molecule has 0 aromatic carbocycles. The van der Waals surface area contributed by atoms with E-state index in [4.69, 9.17) is 10.5 Å². The SMILES string of the molecule is CCN(CC)CCOC1CCN(C(=O)C2CCCCC2(C)N)CC1.Cl.Cl. The van der Waals surface area contributed by atoms with E-state index in [0.717, 1.165) is 77.9 Å². The van der Waals surface area contributed by atoms with Gasteiger partial charge in [0.05, 0.1) is 18.6 Å². The molecular weight excluding hydrogens is 373 g/mol. The lowest BCUT2D eigenvalue weighted by atomic mass is 9.74. The van der Waals surface area contributed by atoms with Crippen LogP contribution in [0.3, 0.4) is 0 Å². The standard InChI is InChI=1S/C19H37N3O2.2ClH/c1-4-21(5-2)14-15-24-16-9-12-22(13-10-16)18(23)17-8-6-7-11-19(17,3)20;;/h16-17H,4-15,20H2,1-3H3;2*1H. The summed E-state index contributed by atoms with van der Waals surface area (Å²) in [6.07, 6.45) is 6.42. The monoisotopic (exact) mass is 411 g/mol. The van der Waals surface area contributed by atoms with Crippen molar-refractivity contribution in [3.8, 4) is 0 Å². The Morgan fingerprint density at radius 3 is 2.31 bits per heavy atom. The Labute approximate surface area is 172 Å². The molecule has 2 N–H and O–H groups in total. The van der Waals surface area contributed by atoms with Crippen LogP contribution in [0.15, 0.2) is 0 Å². The molecule has 0 aromatic rings. The molecular formula is C19H39Cl2N3O2. The van der Waals surface area contributed by atoms with Crippen LogP contribution in [0, 0.1) is 5.92 Å². The maximum absolute atomic E-state index is 12.9. The van der Waals surface area contributed by atoms with Gasteiger partial charge in [0.1, 0.15) is 0 Å². The predicted octanol–water partition coefficient (Wildman–Crippen LogP) is 3.09. The molecule has 26 heavy (non-hydrogen) atoms. The fourth-order valence-corrected chi connectivity index (χ4v) is 4.12. The number of piperidine rings is 1. The van der Waals surface area contributed by atoms with E-state index in [-0.39, 0.29) is 42.2 Å². The molecule has 2 rings (SSSR count). The highest BCUT2D eigenvalue weighted by molar-refractivity contribution is 5.85. The van der Waals surface area contributed by atoms with Crippen LogP contribution in [0.25, 0.3) is 0 Å². The van der Waals surface area contributed by atoms with E-state index in [2.05, 4.69) is 25.7 Å². The van der Waals surface area contributed by atoms with Gasteiger partial charge in [-0.25, -0.2) is 0 Å². The molecule has 1 heterocycles. The van der Waals surface area contributed by atoms with E-state index in [1.54, 1.807) is 0 Å². The van der Waals surface area contributed by atoms with Gasteiger partial charge in [-0.2, -0.15) is 0 Å². The van der Waals surface area contributed by atoms with E-state index < -0.39 is 0 Å². The fraction of sp³-hybridized carbons (Fsp3) is 0.947. The number of rotatable bonds is 7. The number of nitrogens with two attached hydrogens (primary N) is 1. The predicted molar refractivity (Wildman–Crippen MR) is 112 cm³/mol. The Bertz CT molecular complexity index is 398. The number of carbonyl (C=O) groups excluding carboxylic acids is 1. The van der Waals surface area contributed by atoms with E-state index in [1.807, 2.05) is 4.90 Å². The van der Waals surface area contributed by atoms with Gasteiger partial charge in [0.25, 0.3) is 0 Å². The maximum atomic E-state index is 12.9. The average Bonchev–Trinajstić information content (AvgIpc) is 2.58. The smallest absolute Gasteiger partial charge is 0.227 e. The van der Waals surface area contributed by atoms with Gasteiger partial charge < -0.3 is 20.3 Å². The van der Waals surface area contributed by atoms with Crippen LogP contribution in [0.1, 0.15) is 59.3 Å². The normalized spacial score (nSPS) is 27.0. The molecule has 0 radical (unpaired) electrons. The number of halogens is 2. The van der Waals surface area contributed by atoms with Crippen LogP contribution in [0.2, 0.25) is 0 Å². The third kappa shape index (κ3) is 7.16. The summed E-state index contributed by atoms with van der Waals surface area (Å²) < 4.78 is 6.03. The van der Waals surface area contributed by atoms with Gasteiger partial charge in [0, 0.05) is 25.2 Å². The van der Waals surface area contributed by atoms with Gasteiger partial charge in [-0.15, -0.1) is 24.8 Å². The van der Waals surface area contributed by atoms with Gasteiger partial charge in [0.2, 0.25) is 5.91 Å². The van der Waals surface area contributed by atoms with E-state index in [9.17, 15) is 4.79 Å². The number of nitrogens with zero attached hydrogens (tertiary/aromatic N) is 2. The number of hydrogen-bond donors (Lipinski definition) is 1. The number of hydrogen-bond acceptors (Lipinski definition) is 4. The Morgan fingerprint density at radius 2 is 1.77 bits per heavy atom. The number of ether oxygens (including phenoxy) is 1. The van der Waals surface area contributed by atoms with Gasteiger partial charge in [-0.3, -0.25) is 4.79 Å². The zero-order chi connectivity index (χ0) is 17.6. The molecule has 0 spiro atoms. The second kappa shape index (κ2) is 12.4. The van der Waals surface area contributed by atoms with Crippen molar-refractivity contribution >= 4 is 30.7 Å². The third-order valence-electron chi connectivity index (χ3n) is 5.96. The average molecular weight is 412 g/mol. The summed E-state index contributed by atoms with van der Waals surface area (Å²) in [6, 6.07) is 0. The highest BCUT2D eigenvalue weighted by Crippen LogP contribution is 2.33. The number of amides is 1.